The molecule has 17 heavy (non-hydrogen) atoms. The molecule has 0 heterocycles. The largest absolute Gasteiger partial charge is 0.368 e. The molecule has 1 aromatic rings. The Morgan fingerprint density at radius 1 is 1.35 bits per heavy atom. The van der Waals surface area contributed by atoms with Gasteiger partial charge in [-0.05, 0) is 31.2 Å². The van der Waals surface area contributed by atoms with Gasteiger partial charge in [0.2, 0.25) is 5.91 Å². The molecule has 0 aliphatic carbocycles. The maximum absolute atomic E-state index is 11.4. The number of nitriles is 1. The molecule has 1 atom stereocenters. The lowest BCUT2D eigenvalue weighted by molar-refractivity contribution is -0.119. The van der Waals surface area contributed by atoms with Crippen molar-refractivity contribution in [3.05, 3.63) is 29.8 Å². The van der Waals surface area contributed by atoms with E-state index in [0.717, 1.165) is 0 Å². The Labute approximate surface area is 98.4 Å². The van der Waals surface area contributed by atoms with Gasteiger partial charge in [-0.15, -0.1) is 0 Å². The first kappa shape index (κ1) is 12.5. The predicted octanol–water partition coefficient (Wildman–Crippen LogP) is 0.554. The van der Waals surface area contributed by atoms with Gasteiger partial charge in [0.15, 0.2) is 0 Å². The van der Waals surface area contributed by atoms with Crippen LogP contribution >= 0.6 is 0 Å². The van der Waals surface area contributed by atoms with Crippen molar-refractivity contribution in [1.29, 1.82) is 5.26 Å². The first-order chi connectivity index (χ1) is 8.02. The number of hydrogen-bond donors (Lipinski definition) is 3. The highest BCUT2D eigenvalue weighted by molar-refractivity contribution is 5.93. The van der Waals surface area contributed by atoms with Crippen LogP contribution in [0.1, 0.15) is 12.5 Å². The molecule has 0 saturated carbocycles. The number of carbonyl (C=O) groups is 2. The quantitative estimate of drug-likeness (QED) is 0.708. The van der Waals surface area contributed by atoms with Crippen molar-refractivity contribution < 1.29 is 9.59 Å². The molecule has 0 saturated heterocycles. The van der Waals surface area contributed by atoms with Gasteiger partial charge in [0, 0.05) is 5.69 Å². The average molecular weight is 232 g/mol. The smallest absolute Gasteiger partial charge is 0.319 e. The van der Waals surface area contributed by atoms with Gasteiger partial charge in [-0.1, -0.05) is 0 Å². The molecule has 6 heteroatoms. The Morgan fingerprint density at radius 2 is 1.94 bits per heavy atom. The normalized spacial score (nSPS) is 11.1. The summed E-state index contributed by atoms with van der Waals surface area (Å²) in [4.78, 5) is 22.1. The van der Waals surface area contributed by atoms with Gasteiger partial charge in [0.05, 0.1) is 11.6 Å². The van der Waals surface area contributed by atoms with E-state index in [2.05, 4.69) is 10.6 Å². The fourth-order valence-corrected chi connectivity index (χ4v) is 1.06. The zero-order valence-corrected chi connectivity index (χ0v) is 9.23. The Hall–Kier alpha value is -2.55. The summed E-state index contributed by atoms with van der Waals surface area (Å²) in [6.07, 6.45) is 0. The predicted molar refractivity (Wildman–Crippen MR) is 62.0 cm³/mol. The van der Waals surface area contributed by atoms with E-state index >= 15 is 0 Å². The van der Waals surface area contributed by atoms with E-state index in [1.54, 1.807) is 24.3 Å². The first-order valence-corrected chi connectivity index (χ1v) is 4.90. The van der Waals surface area contributed by atoms with Gasteiger partial charge in [0.25, 0.3) is 0 Å². The maximum atomic E-state index is 11.4. The van der Waals surface area contributed by atoms with Crippen LogP contribution in [-0.4, -0.2) is 18.0 Å². The van der Waals surface area contributed by atoms with Crippen molar-refractivity contribution in [2.24, 2.45) is 5.73 Å². The standard InChI is InChI=1S/C11H12N4O2/c1-7(10(13)16)14-11(17)15-9-4-2-8(6-12)3-5-9/h2-5,7H,1H3,(H2,13,16)(H2,14,15,17)/t7-/m0/s1. The van der Waals surface area contributed by atoms with Crippen LogP contribution in [0.4, 0.5) is 10.5 Å². The second kappa shape index (κ2) is 5.51. The molecule has 3 amide bonds. The van der Waals surface area contributed by atoms with Gasteiger partial charge >= 0.3 is 6.03 Å². The molecule has 0 aromatic heterocycles. The molecule has 0 fully saturated rings. The number of nitrogens with one attached hydrogen (secondary N) is 2. The zero-order valence-electron chi connectivity index (χ0n) is 9.23. The molecular formula is C11H12N4O2. The molecule has 1 rings (SSSR count). The van der Waals surface area contributed by atoms with Crippen molar-refractivity contribution in [1.82, 2.24) is 5.32 Å². The monoisotopic (exact) mass is 232 g/mol. The number of amides is 3. The minimum atomic E-state index is -0.742. The fraction of sp³-hybridized carbons (Fsp3) is 0.182. The molecule has 0 aliphatic heterocycles. The Kier molecular flexibility index (Phi) is 4.06. The second-order valence-corrected chi connectivity index (χ2v) is 3.41. The number of urea groups is 1. The molecule has 6 nitrogen and oxygen atoms in total. The Balaban J connectivity index is 2.56. The SMILES string of the molecule is C[C@H](NC(=O)Nc1ccc(C#N)cc1)C(N)=O. The summed E-state index contributed by atoms with van der Waals surface area (Å²) in [5.41, 5.74) is 6.03. The number of hydrogen-bond acceptors (Lipinski definition) is 3. The number of nitrogens with zero attached hydrogens (tertiary/aromatic N) is 1. The minimum absolute atomic E-state index is 0.501. The zero-order chi connectivity index (χ0) is 12.8. The van der Waals surface area contributed by atoms with Crippen LogP contribution in [-0.2, 0) is 4.79 Å². The summed E-state index contributed by atoms with van der Waals surface area (Å²) in [7, 11) is 0. The van der Waals surface area contributed by atoms with Crippen molar-refractivity contribution in [2.75, 3.05) is 5.32 Å². The van der Waals surface area contributed by atoms with Gasteiger partial charge in [-0.3, -0.25) is 4.79 Å². The van der Waals surface area contributed by atoms with Crippen LogP contribution < -0.4 is 16.4 Å². The summed E-state index contributed by atoms with van der Waals surface area (Å²) >= 11 is 0. The molecule has 4 N–H and O–H groups in total. The molecule has 0 unspecified atom stereocenters. The molecule has 88 valence electrons. The van der Waals surface area contributed by atoms with E-state index in [1.165, 1.54) is 6.92 Å². The van der Waals surface area contributed by atoms with Gasteiger partial charge < -0.3 is 16.4 Å². The second-order valence-electron chi connectivity index (χ2n) is 3.41. The van der Waals surface area contributed by atoms with E-state index in [4.69, 9.17) is 11.0 Å². The van der Waals surface area contributed by atoms with E-state index < -0.39 is 18.0 Å². The number of nitrogens with two attached hydrogens (primary N) is 1. The lowest BCUT2D eigenvalue weighted by atomic mass is 10.2. The van der Waals surface area contributed by atoms with E-state index in [1.807, 2.05) is 6.07 Å². The first-order valence-electron chi connectivity index (χ1n) is 4.90. The molecule has 1 aromatic carbocycles. The van der Waals surface area contributed by atoms with Crippen LogP contribution in [0.2, 0.25) is 0 Å². The molecule has 0 spiro atoms. The van der Waals surface area contributed by atoms with E-state index in [0.29, 0.717) is 11.3 Å². The number of anilines is 1. The highest BCUT2D eigenvalue weighted by Crippen LogP contribution is 2.08. The van der Waals surface area contributed by atoms with Crippen molar-refractivity contribution in [3.8, 4) is 6.07 Å². The number of primary amides is 1. The molecule has 0 bridgehead atoms. The summed E-state index contributed by atoms with van der Waals surface area (Å²) in [5.74, 6) is -0.611. The highest BCUT2D eigenvalue weighted by Gasteiger charge is 2.11. The topological polar surface area (TPSA) is 108 Å². The number of carbonyl (C=O) groups excluding carboxylic acids is 2. The summed E-state index contributed by atoms with van der Waals surface area (Å²) < 4.78 is 0. The summed E-state index contributed by atoms with van der Waals surface area (Å²) in [6, 6.07) is 7.03. The summed E-state index contributed by atoms with van der Waals surface area (Å²) in [5, 5.41) is 13.5. The van der Waals surface area contributed by atoms with Crippen molar-refractivity contribution in [3.63, 3.8) is 0 Å². The molecule has 0 aliphatic rings. The average Bonchev–Trinajstić information content (AvgIpc) is 2.29. The highest BCUT2D eigenvalue weighted by atomic mass is 16.2. The van der Waals surface area contributed by atoms with Crippen LogP contribution in [0, 0.1) is 11.3 Å². The number of benzene rings is 1. The van der Waals surface area contributed by atoms with E-state index in [-0.39, 0.29) is 0 Å². The molecule has 0 radical (unpaired) electrons. The van der Waals surface area contributed by atoms with Gasteiger partial charge in [0.1, 0.15) is 6.04 Å². The van der Waals surface area contributed by atoms with Crippen LogP contribution in [0.5, 0.6) is 0 Å². The fourth-order valence-electron chi connectivity index (χ4n) is 1.06. The van der Waals surface area contributed by atoms with Crippen LogP contribution in [0.25, 0.3) is 0 Å². The van der Waals surface area contributed by atoms with Crippen molar-refractivity contribution >= 4 is 17.6 Å². The molecular weight excluding hydrogens is 220 g/mol. The van der Waals surface area contributed by atoms with Crippen LogP contribution in [0.3, 0.4) is 0 Å². The van der Waals surface area contributed by atoms with Crippen molar-refractivity contribution in [2.45, 2.75) is 13.0 Å². The Morgan fingerprint density at radius 3 is 2.41 bits per heavy atom. The number of rotatable bonds is 3. The third-order valence-electron chi connectivity index (χ3n) is 2.05. The minimum Gasteiger partial charge on any atom is -0.368 e. The third kappa shape index (κ3) is 3.83. The lowest BCUT2D eigenvalue weighted by Gasteiger charge is -2.11. The van der Waals surface area contributed by atoms with Crippen LogP contribution in [0.15, 0.2) is 24.3 Å². The maximum Gasteiger partial charge on any atom is 0.319 e. The van der Waals surface area contributed by atoms with E-state index in [9.17, 15) is 9.59 Å². The van der Waals surface area contributed by atoms with Gasteiger partial charge in [-0.25, -0.2) is 4.79 Å². The third-order valence-corrected chi connectivity index (χ3v) is 2.05. The Bertz CT molecular complexity index is 461. The summed E-state index contributed by atoms with van der Waals surface area (Å²) in [6.45, 7) is 1.49. The lowest BCUT2D eigenvalue weighted by Crippen LogP contribution is -2.44. The van der Waals surface area contributed by atoms with Gasteiger partial charge in [-0.2, -0.15) is 5.26 Å².